The molecule has 28 heavy (non-hydrogen) atoms. The molecular weight excluding hydrogens is 353 g/mol. The highest BCUT2D eigenvalue weighted by atomic mass is 19.1. The summed E-state index contributed by atoms with van der Waals surface area (Å²) >= 11 is 0. The van der Waals surface area contributed by atoms with Gasteiger partial charge in [-0.1, -0.05) is 24.3 Å². The molecule has 3 nitrogen and oxygen atoms in total. The van der Waals surface area contributed by atoms with Crippen LogP contribution in [-0.2, 0) is 6.61 Å². The standard InChI is InChI=1S/C24H24FNO2/c1-4-27-24-14-20(15-26-22-13-17(2)5-6-18(22)3)9-12-23(24)28-16-19-7-10-21(25)11-8-19/h5-15H,4,16H2,1-3H3. The van der Waals surface area contributed by atoms with E-state index in [9.17, 15) is 4.39 Å². The third kappa shape index (κ3) is 5.19. The minimum atomic E-state index is -0.258. The van der Waals surface area contributed by atoms with E-state index in [1.54, 1.807) is 12.1 Å². The fourth-order valence-corrected chi connectivity index (χ4v) is 2.74. The lowest BCUT2D eigenvalue weighted by molar-refractivity contribution is 0.269. The summed E-state index contributed by atoms with van der Waals surface area (Å²) in [6, 6.07) is 18.2. The quantitative estimate of drug-likeness (QED) is 0.461. The van der Waals surface area contributed by atoms with E-state index in [4.69, 9.17) is 9.47 Å². The second-order valence-electron chi connectivity index (χ2n) is 6.60. The van der Waals surface area contributed by atoms with E-state index in [-0.39, 0.29) is 5.82 Å². The van der Waals surface area contributed by atoms with Crippen LogP contribution in [0.25, 0.3) is 0 Å². The Hall–Kier alpha value is -3.14. The van der Waals surface area contributed by atoms with Crippen LogP contribution in [-0.4, -0.2) is 12.8 Å². The van der Waals surface area contributed by atoms with Crippen LogP contribution in [0.15, 0.2) is 65.7 Å². The molecule has 0 aliphatic carbocycles. The number of hydrogen-bond donors (Lipinski definition) is 0. The first-order valence-corrected chi connectivity index (χ1v) is 9.30. The summed E-state index contributed by atoms with van der Waals surface area (Å²) in [7, 11) is 0. The van der Waals surface area contributed by atoms with Crippen molar-refractivity contribution < 1.29 is 13.9 Å². The predicted molar refractivity (Wildman–Crippen MR) is 112 cm³/mol. The minimum absolute atomic E-state index is 0.258. The van der Waals surface area contributed by atoms with Gasteiger partial charge >= 0.3 is 0 Å². The van der Waals surface area contributed by atoms with Gasteiger partial charge in [0, 0.05) is 6.21 Å². The smallest absolute Gasteiger partial charge is 0.161 e. The monoisotopic (exact) mass is 377 g/mol. The number of nitrogens with zero attached hydrogens (tertiary/aromatic N) is 1. The van der Waals surface area contributed by atoms with Crippen LogP contribution in [0.3, 0.4) is 0 Å². The lowest BCUT2D eigenvalue weighted by Gasteiger charge is -2.12. The van der Waals surface area contributed by atoms with Gasteiger partial charge in [-0.15, -0.1) is 0 Å². The molecule has 0 amide bonds. The molecular formula is C24H24FNO2. The predicted octanol–water partition coefficient (Wildman–Crippen LogP) is 6.17. The number of aryl methyl sites for hydroxylation is 2. The van der Waals surface area contributed by atoms with Gasteiger partial charge < -0.3 is 9.47 Å². The molecule has 0 saturated carbocycles. The lowest BCUT2D eigenvalue weighted by atomic mass is 10.1. The first-order chi connectivity index (χ1) is 13.5. The molecule has 0 bridgehead atoms. The van der Waals surface area contributed by atoms with Crippen molar-refractivity contribution in [1.29, 1.82) is 0 Å². The van der Waals surface area contributed by atoms with E-state index < -0.39 is 0 Å². The summed E-state index contributed by atoms with van der Waals surface area (Å²) < 4.78 is 24.6. The molecule has 0 aliphatic heterocycles. The van der Waals surface area contributed by atoms with Gasteiger partial charge in [0.05, 0.1) is 12.3 Å². The molecule has 0 N–H and O–H groups in total. The van der Waals surface area contributed by atoms with E-state index >= 15 is 0 Å². The summed E-state index contributed by atoms with van der Waals surface area (Å²) in [5, 5.41) is 0. The summed E-state index contributed by atoms with van der Waals surface area (Å²) in [6.07, 6.45) is 1.83. The van der Waals surface area contributed by atoms with Crippen molar-refractivity contribution in [3.8, 4) is 11.5 Å². The van der Waals surface area contributed by atoms with Crippen molar-refractivity contribution in [1.82, 2.24) is 0 Å². The molecule has 0 unspecified atom stereocenters. The lowest BCUT2D eigenvalue weighted by Crippen LogP contribution is -2.00. The number of benzene rings is 3. The van der Waals surface area contributed by atoms with Crippen molar-refractivity contribution >= 4 is 11.9 Å². The molecule has 3 aromatic rings. The highest BCUT2D eigenvalue weighted by Gasteiger charge is 2.07. The van der Waals surface area contributed by atoms with E-state index in [0.717, 1.165) is 22.4 Å². The molecule has 3 rings (SSSR count). The molecule has 0 fully saturated rings. The Morgan fingerprint density at radius 2 is 1.68 bits per heavy atom. The van der Waals surface area contributed by atoms with E-state index in [0.29, 0.717) is 24.7 Å². The van der Waals surface area contributed by atoms with Gasteiger partial charge in [-0.25, -0.2) is 4.39 Å². The second-order valence-corrected chi connectivity index (χ2v) is 6.60. The van der Waals surface area contributed by atoms with Gasteiger partial charge in [-0.3, -0.25) is 4.99 Å². The van der Waals surface area contributed by atoms with Crippen LogP contribution in [0.1, 0.15) is 29.2 Å². The van der Waals surface area contributed by atoms with Gasteiger partial charge in [0.15, 0.2) is 11.5 Å². The third-order valence-corrected chi connectivity index (χ3v) is 4.29. The average molecular weight is 377 g/mol. The molecule has 144 valence electrons. The maximum atomic E-state index is 13.0. The van der Waals surface area contributed by atoms with Crippen LogP contribution in [0.2, 0.25) is 0 Å². The van der Waals surface area contributed by atoms with Crippen LogP contribution >= 0.6 is 0 Å². The summed E-state index contributed by atoms with van der Waals surface area (Å²) in [6.45, 7) is 6.91. The van der Waals surface area contributed by atoms with Crippen molar-refractivity contribution in [3.63, 3.8) is 0 Å². The Morgan fingerprint density at radius 3 is 2.43 bits per heavy atom. The normalized spacial score (nSPS) is 11.0. The Morgan fingerprint density at radius 1 is 0.893 bits per heavy atom. The maximum absolute atomic E-state index is 13.0. The van der Waals surface area contributed by atoms with Crippen LogP contribution in [0.5, 0.6) is 11.5 Å². The average Bonchev–Trinajstić information content (AvgIpc) is 2.69. The third-order valence-electron chi connectivity index (χ3n) is 4.29. The van der Waals surface area contributed by atoms with Gasteiger partial charge in [-0.05, 0) is 79.4 Å². The Kier molecular flexibility index (Phi) is 6.43. The van der Waals surface area contributed by atoms with E-state index in [1.807, 2.05) is 38.3 Å². The molecule has 0 spiro atoms. The highest BCUT2D eigenvalue weighted by molar-refractivity contribution is 5.83. The van der Waals surface area contributed by atoms with Crippen molar-refractivity contribution in [2.45, 2.75) is 27.4 Å². The van der Waals surface area contributed by atoms with Gasteiger partial charge in [0.25, 0.3) is 0 Å². The number of halogens is 1. The Bertz CT molecular complexity index is 965. The molecule has 0 aromatic heterocycles. The Balaban J connectivity index is 1.77. The number of ether oxygens (including phenoxy) is 2. The molecule has 4 heteroatoms. The van der Waals surface area contributed by atoms with Gasteiger partial charge in [0.1, 0.15) is 12.4 Å². The number of rotatable bonds is 7. The molecule has 3 aromatic carbocycles. The molecule has 0 heterocycles. The zero-order valence-electron chi connectivity index (χ0n) is 16.4. The molecule has 0 saturated heterocycles. The van der Waals surface area contributed by atoms with Gasteiger partial charge in [0.2, 0.25) is 0 Å². The first-order valence-electron chi connectivity index (χ1n) is 9.30. The largest absolute Gasteiger partial charge is 0.490 e. The number of aliphatic imine (C=N–C) groups is 1. The zero-order chi connectivity index (χ0) is 19.9. The molecule has 0 radical (unpaired) electrons. The summed E-state index contributed by atoms with van der Waals surface area (Å²) in [5.41, 5.74) is 5.08. The fourth-order valence-electron chi connectivity index (χ4n) is 2.74. The van der Waals surface area contributed by atoms with E-state index in [2.05, 4.69) is 30.1 Å². The zero-order valence-corrected chi connectivity index (χ0v) is 16.4. The van der Waals surface area contributed by atoms with Crippen LogP contribution < -0.4 is 9.47 Å². The van der Waals surface area contributed by atoms with Crippen LogP contribution in [0, 0.1) is 19.7 Å². The highest BCUT2D eigenvalue weighted by Crippen LogP contribution is 2.29. The molecule has 0 aliphatic rings. The maximum Gasteiger partial charge on any atom is 0.161 e. The first kappa shape index (κ1) is 19.6. The van der Waals surface area contributed by atoms with Crippen molar-refractivity contribution in [2.24, 2.45) is 4.99 Å². The molecule has 0 atom stereocenters. The minimum Gasteiger partial charge on any atom is -0.490 e. The fraction of sp³-hybridized carbons (Fsp3) is 0.208. The Labute approximate surface area is 165 Å². The topological polar surface area (TPSA) is 30.8 Å². The van der Waals surface area contributed by atoms with Crippen LogP contribution in [0.4, 0.5) is 10.1 Å². The van der Waals surface area contributed by atoms with Gasteiger partial charge in [-0.2, -0.15) is 0 Å². The SMILES string of the molecule is CCOc1cc(C=Nc2cc(C)ccc2C)ccc1OCc1ccc(F)cc1. The summed E-state index contributed by atoms with van der Waals surface area (Å²) in [4.78, 5) is 4.61. The number of hydrogen-bond acceptors (Lipinski definition) is 3. The second kappa shape index (κ2) is 9.18. The van der Waals surface area contributed by atoms with Crippen molar-refractivity contribution in [2.75, 3.05) is 6.61 Å². The van der Waals surface area contributed by atoms with E-state index in [1.165, 1.54) is 17.7 Å². The summed E-state index contributed by atoms with van der Waals surface area (Å²) in [5.74, 6) is 1.05. The van der Waals surface area contributed by atoms with Crippen molar-refractivity contribution in [3.05, 3.63) is 88.7 Å².